The summed E-state index contributed by atoms with van der Waals surface area (Å²) in [5.41, 5.74) is 3.16. The number of hydrogen-bond donors (Lipinski definition) is 1. The third kappa shape index (κ3) is 4.44. The van der Waals surface area contributed by atoms with E-state index in [9.17, 15) is 4.79 Å². The predicted octanol–water partition coefficient (Wildman–Crippen LogP) is 2.50. The molecule has 180 valence electrons. The molecule has 0 spiro atoms. The van der Waals surface area contributed by atoms with E-state index in [2.05, 4.69) is 20.4 Å². The van der Waals surface area contributed by atoms with Gasteiger partial charge in [-0.1, -0.05) is 0 Å². The van der Waals surface area contributed by atoms with Crippen LogP contribution in [0.5, 0.6) is 11.5 Å². The minimum Gasteiger partial charge on any atom is -0.497 e. The van der Waals surface area contributed by atoms with Gasteiger partial charge in [0.1, 0.15) is 22.4 Å². The number of rotatable bonds is 6. The molecule has 3 aromatic heterocycles. The summed E-state index contributed by atoms with van der Waals surface area (Å²) in [6, 6.07) is 6.39. The zero-order valence-electron chi connectivity index (χ0n) is 19.5. The number of nitrogens with zero attached hydrogens (tertiary/aromatic N) is 6. The van der Waals surface area contributed by atoms with Crippen molar-refractivity contribution in [3.8, 4) is 22.8 Å². The number of nitrogens with one attached hydrogen (secondary N) is 1. The summed E-state index contributed by atoms with van der Waals surface area (Å²) in [6.45, 7) is 0.399. The molecule has 0 bridgehead atoms. The number of carbonyl (C=O) groups is 1. The van der Waals surface area contributed by atoms with Gasteiger partial charge in [0, 0.05) is 49.9 Å². The van der Waals surface area contributed by atoms with E-state index in [0.29, 0.717) is 47.5 Å². The SMILES string of the molecule is COc1cc(/N=c2\ccc3ncc(-c4cnn(C)c4)nc3n2CC2CCC(=O)N2)c(F)c(OC)c1. The van der Waals surface area contributed by atoms with Crippen molar-refractivity contribution in [1.29, 1.82) is 0 Å². The highest BCUT2D eigenvalue weighted by atomic mass is 19.1. The van der Waals surface area contributed by atoms with Crippen molar-refractivity contribution in [2.45, 2.75) is 25.4 Å². The summed E-state index contributed by atoms with van der Waals surface area (Å²) < 4.78 is 29.1. The molecule has 0 aliphatic carbocycles. The van der Waals surface area contributed by atoms with Crippen molar-refractivity contribution in [2.75, 3.05) is 14.2 Å². The molecular formula is C24H24FN7O3. The number of carbonyl (C=O) groups excluding carboxylic acids is 1. The van der Waals surface area contributed by atoms with Gasteiger partial charge in [0.15, 0.2) is 17.2 Å². The maximum absolute atomic E-state index is 15.1. The Labute approximate surface area is 200 Å². The molecule has 4 heterocycles. The van der Waals surface area contributed by atoms with Crippen LogP contribution >= 0.6 is 0 Å². The second kappa shape index (κ2) is 9.16. The molecule has 35 heavy (non-hydrogen) atoms. The monoisotopic (exact) mass is 477 g/mol. The first-order valence-corrected chi connectivity index (χ1v) is 11.1. The number of aryl methyl sites for hydroxylation is 1. The van der Waals surface area contributed by atoms with E-state index in [0.717, 1.165) is 5.56 Å². The molecule has 1 saturated heterocycles. The number of amides is 1. The number of methoxy groups -OCH3 is 2. The molecule has 0 radical (unpaired) electrons. The quantitative estimate of drug-likeness (QED) is 0.457. The van der Waals surface area contributed by atoms with E-state index in [1.165, 1.54) is 26.4 Å². The number of ether oxygens (including phenoxy) is 2. The highest BCUT2D eigenvalue weighted by molar-refractivity contribution is 5.78. The molecule has 1 fully saturated rings. The second-order valence-corrected chi connectivity index (χ2v) is 8.25. The highest BCUT2D eigenvalue weighted by Gasteiger charge is 2.22. The summed E-state index contributed by atoms with van der Waals surface area (Å²) in [5, 5.41) is 7.19. The average Bonchev–Trinajstić information content (AvgIpc) is 3.49. The molecule has 1 atom stereocenters. The second-order valence-electron chi connectivity index (χ2n) is 8.25. The van der Waals surface area contributed by atoms with Crippen LogP contribution in [-0.4, -0.2) is 50.5 Å². The molecule has 4 aromatic rings. The van der Waals surface area contributed by atoms with Crippen LogP contribution in [-0.2, 0) is 18.4 Å². The first-order chi connectivity index (χ1) is 16.9. The molecular weight excluding hydrogens is 453 g/mol. The zero-order chi connectivity index (χ0) is 24.5. The van der Waals surface area contributed by atoms with Crippen LogP contribution in [0.15, 0.2) is 47.8 Å². The largest absolute Gasteiger partial charge is 0.497 e. The van der Waals surface area contributed by atoms with Crippen LogP contribution in [0.4, 0.5) is 10.1 Å². The Kier molecular flexibility index (Phi) is 5.89. The summed E-state index contributed by atoms with van der Waals surface area (Å²) in [4.78, 5) is 25.9. The van der Waals surface area contributed by atoms with E-state index in [1.807, 2.05) is 17.8 Å². The fraction of sp³-hybridized carbons (Fsp3) is 0.292. The summed E-state index contributed by atoms with van der Waals surface area (Å²) >= 11 is 0. The van der Waals surface area contributed by atoms with Crippen molar-refractivity contribution in [1.82, 2.24) is 29.6 Å². The molecule has 1 aliphatic heterocycles. The third-order valence-electron chi connectivity index (χ3n) is 5.88. The Morgan fingerprint density at radius 3 is 2.77 bits per heavy atom. The lowest BCUT2D eigenvalue weighted by molar-refractivity contribution is -0.119. The maximum atomic E-state index is 15.1. The Morgan fingerprint density at radius 1 is 1.23 bits per heavy atom. The number of halogens is 1. The Bertz CT molecular complexity index is 1490. The summed E-state index contributed by atoms with van der Waals surface area (Å²) in [7, 11) is 4.70. The molecule has 1 aromatic carbocycles. The van der Waals surface area contributed by atoms with Crippen molar-refractivity contribution in [2.24, 2.45) is 12.0 Å². The summed E-state index contributed by atoms with van der Waals surface area (Å²) in [5.74, 6) is -0.169. The van der Waals surface area contributed by atoms with Crippen LogP contribution in [0.25, 0.3) is 22.4 Å². The maximum Gasteiger partial charge on any atom is 0.220 e. The van der Waals surface area contributed by atoms with Crippen LogP contribution in [0, 0.1) is 5.82 Å². The van der Waals surface area contributed by atoms with Gasteiger partial charge in [-0.05, 0) is 18.6 Å². The molecule has 1 aliphatic rings. The fourth-order valence-electron chi connectivity index (χ4n) is 4.09. The van der Waals surface area contributed by atoms with Crippen LogP contribution in [0.2, 0.25) is 0 Å². The van der Waals surface area contributed by atoms with Gasteiger partial charge in [0.25, 0.3) is 0 Å². The van der Waals surface area contributed by atoms with Gasteiger partial charge >= 0.3 is 0 Å². The lowest BCUT2D eigenvalue weighted by Gasteiger charge is -2.16. The first kappa shape index (κ1) is 22.5. The van der Waals surface area contributed by atoms with Crippen LogP contribution < -0.4 is 20.3 Å². The molecule has 1 N–H and O–H groups in total. The number of pyridine rings is 1. The van der Waals surface area contributed by atoms with Gasteiger partial charge in [0.05, 0.1) is 32.3 Å². The van der Waals surface area contributed by atoms with E-state index in [1.54, 1.807) is 29.2 Å². The van der Waals surface area contributed by atoms with Crippen molar-refractivity contribution >= 4 is 22.8 Å². The Hall–Kier alpha value is -4.28. The van der Waals surface area contributed by atoms with Crippen LogP contribution in [0.1, 0.15) is 12.8 Å². The van der Waals surface area contributed by atoms with Crippen molar-refractivity contribution < 1.29 is 18.7 Å². The molecule has 11 heteroatoms. The van der Waals surface area contributed by atoms with Crippen LogP contribution in [0.3, 0.4) is 0 Å². The standard InChI is InChI=1S/C24H24FN7O3/c1-31-12-14(10-27-31)19-11-26-17-5-6-21(29-18-8-16(34-2)9-20(35-3)23(18)25)32(24(17)30-19)13-15-4-7-22(33)28-15/h5-6,8-12,15H,4,7,13H2,1-3H3,(H,28,33)/b29-21+. The van der Waals surface area contributed by atoms with Gasteiger partial charge in [-0.3, -0.25) is 14.5 Å². The van der Waals surface area contributed by atoms with Gasteiger partial charge in [-0.25, -0.2) is 14.4 Å². The van der Waals surface area contributed by atoms with Gasteiger partial charge in [-0.2, -0.15) is 5.10 Å². The summed E-state index contributed by atoms with van der Waals surface area (Å²) in [6.07, 6.45) is 6.38. The fourth-order valence-corrected chi connectivity index (χ4v) is 4.09. The zero-order valence-corrected chi connectivity index (χ0v) is 19.5. The minimum absolute atomic E-state index is 0.0000325. The predicted molar refractivity (Wildman–Crippen MR) is 126 cm³/mol. The van der Waals surface area contributed by atoms with Crippen molar-refractivity contribution in [3.05, 3.63) is 54.2 Å². The average molecular weight is 478 g/mol. The van der Waals surface area contributed by atoms with E-state index in [4.69, 9.17) is 14.5 Å². The lowest BCUT2D eigenvalue weighted by Crippen LogP contribution is -2.34. The van der Waals surface area contributed by atoms with E-state index >= 15 is 4.39 Å². The van der Waals surface area contributed by atoms with Crippen molar-refractivity contribution in [3.63, 3.8) is 0 Å². The molecule has 1 amide bonds. The molecule has 1 unspecified atom stereocenters. The number of benzene rings is 1. The van der Waals surface area contributed by atoms with Gasteiger partial charge < -0.3 is 19.4 Å². The number of fused-ring (bicyclic) bond motifs is 1. The topological polar surface area (TPSA) is 108 Å². The lowest BCUT2D eigenvalue weighted by atomic mass is 10.2. The molecule has 5 rings (SSSR count). The third-order valence-corrected chi connectivity index (χ3v) is 5.88. The van der Waals surface area contributed by atoms with E-state index in [-0.39, 0.29) is 23.4 Å². The smallest absolute Gasteiger partial charge is 0.220 e. The number of aromatic nitrogens is 5. The van der Waals surface area contributed by atoms with E-state index < -0.39 is 5.82 Å². The molecule has 10 nitrogen and oxygen atoms in total. The highest BCUT2D eigenvalue weighted by Crippen LogP contribution is 2.32. The first-order valence-electron chi connectivity index (χ1n) is 11.1. The number of hydrogen-bond acceptors (Lipinski definition) is 7. The molecule has 0 saturated carbocycles. The van der Waals surface area contributed by atoms with Gasteiger partial charge in [0.2, 0.25) is 5.91 Å². The Balaban J connectivity index is 1.72. The Morgan fingerprint density at radius 2 is 2.09 bits per heavy atom. The van der Waals surface area contributed by atoms with Gasteiger partial charge in [-0.15, -0.1) is 0 Å². The minimum atomic E-state index is -0.607. The normalized spacial score (nSPS) is 16.1.